The smallest absolute Gasteiger partial charge is 0.218 e. The van der Waals surface area contributed by atoms with E-state index in [1.807, 2.05) is 14.0 Å². The molecule has 0 aromatic rings. The summed E-state index contributed by atoms with van der Waals surface area (Å²) in [6.45, 7) is 5.52. The third-order valence-corrected chi connectivity index (χ3v) is 6.09. The maximum Gasteiger partial charge on any atom is 0.218 e. The van der Waals surface area contributed by atoms with Gasteiger partial charge in [-0.1, -0.05) is 0 Å². The number of nitrogens with zero attached hydrogens (tertiary/aromatic N) is 2. The lowest BCUT2D eigenvalue weighted by Crippen LogP contribution is -2.43. The summed E-state index contributed by atoms with van der Waals surface area (Å²) in [7, 11) is -1.08. The topological polar surface area (TPSA) is 52.7 Å². The molecule has 106 valence electrons. The zero-order chi connectivity index (χ0) is 13.2. The lowest BCUT2D eigenvalue weighted by atomic mass is 10.4. The summed E-state index contributed by atoms with van der Waals surface area (Å²) >= 11 is 0. The minimum atomic E-state index is -3.13. The molecule has 0 amide bonds. The average Bonchev–Trinajstić information content (AvgIpc) is 3.13. The van der Waals surface area contributed by atoms with Gasteiger partial charge in [0.25, 0.3) is 0 Å². The van der Waals surface area contributed by atoms with Crippen LogP contribution in [0.4, 0.5) is 0 Å². The fraction of sp³-hybridized carbons (Fsp3) is 1.00. The summed E-state index contributed by atoms with van der Waals surface area (Å²) in [6, 6.07) is 0.568. The highest BCUT2D eigenvalue weighted by atomic mass is 32.2. The van der Waals surface area contributed by atoms with Gasteiger partial charge < -0.3 is 10.2 Å². The molecular formula is C12H25N3O2S. The van der Waals surface area contributed by atoms with Crippen LogP contribution in [0.25, 0.3) is 0 Å². The third kappa shape index (κ3) is 3.66. The highest BCUT2D eigenvalue weighted by Gasteiger charge is 2.31. The van der Waals surface area contributed by atoms with Crippen LogP contribution in [0.3, 0.4) is 0 Å². The largest absolute Gasteiger partial charge is 0.313 e. The van der Waals surface area contributed by atoms with E-state index in [4.69, 9.17) is 0 Å². The Kier molecular flexibility index (Phi) is 4.64. The van der Waals surface area contributed by atoms with Gasteiger partial charge in [0.2, 0.25) is 10.0 Å². The quantitative estimate of drug-likeness (QED) is 0.773. The molecule has 2 rings (SSSR count). The first-order valence-corrected chi connectivity index (χ1v) is 8.41. The lowest BCUT2D eigenvalue weighted by molar-refractivity contribution is 0.346. The summed E-state index contributed by atoms with van der Waals surface area (Å²) in [5.41, 5.74) is 0. The maximum atomic E-state index is 12.4. The number of rotatable bonds is 5. The molecule has 0 bridgehead atoms. The second-order valence-electron chi connectivity index (χ2n) is 5.59. The third-order valence-electron chi connectivity index (χ3n) is 3.82. The highest BCUT2D eigenvalue weighted by molar-refractivity contribution is 7.89. The molecule has 2 aliphatic rings. The first kappa shape index (κ1) is 14.2. The number of sulfonamides is 1. The molecule has 1 saturated heterocycles. The van der Waals surface area contributed by atoms with E-state index in [1.54, 1.807) is 4.31 Å². The molecule has 1 aliphatic carbocycles. The Morgan fingerprint density at radius 3 is 2.61 bits per heavy atom. The van der Waals surface area contributed by atoms with E-state index in [0.717, 1.165) is 19.5 Å². The van der Waals surface area contributed by atoms with Crippen LogP contribution < -0.4 is 5.32 Å². The molecule has 1 atom stereocenters. The molecule has 1 unspecified atom stereocenters. The SMILES string of the molecule is CC(CNC1CC1)S(=O)(=O)N1CCCN(C)CC1. The van der Waals surface area contributed by atoms with E-state index in [0.29, 0.717) is 25.7 Å². The summed E-state index contributed by atoms with van der Waals surface area (Å²) in [4.78, 5) is 2.20. The Balaban J connectivity index is 1.90. The van der Waals surface area contributed by atoms with Crippen LogP contribution in [0.5, 0.6) is 0 Å². The van der Waals surface area contributed by atoms with Crippen molar-refractivity contribution in [1.82, 2.24) is 14.5 Å². The van der Waals surface area contributed by atoms with Gasteiger partial charge in [0.15, 0.2) is 0 Å². The molecule has 1 heterocycles. The second kappa shape index (κ2) is 5.86. The normalized spacial score (nSPS) is 25.9. The number of hydrogen-bond donors (Lipinski definition) is 1. The highest BCUT2D eigenvalue weighted by Crippen LogP contribution is 2.19. The predicted octanol–water partition coefficient (Wildman–Crippen LogP) is 0.0942. The molecule has 18 heavy (non-hydrogen) atoms. The molecule has 0 radical (unpaired) electrons. The van der Waals surface area contributed by atoms with Crippen molar-refractivity contribution in [2.24, 2.45) is 0 Å². The van der Waals surface area contributed by atoms with Crippen molar-refractivity contribution in [1.29, 1.82) is 0 Å². The Bertz CT molecular complexity index is 368. The summed E-state index contributed by atoms with van der Waals surface area (Å²) < 4.78 is 26.6. The van der Waals surface area contributed by atoms with E-state index in [1.165, 1.54) is 12.8 Å². The van der Waals surface area contributed by atoms with Gasteiger partial charge >= 0.3 is 0 Å². The molecule has 6 heteroatoms. The standard InChI is InChI=1S/C12H25N3O2S/c1-11(10-13-12-4-5-12)18(16,17)15-7-3-6-14(2)8-9-15/h11-13H,3-10H2,1-2H3. The van der Waals surface area contributed by atoms with E-state index in [9.17, 15) is 8.42 Å². The zero-order valence-electron chi connectivity index (χ0n) is 11.4. The van der Waals surface area contributed by atoms with Gasteiger partial charge in [0, 0.05) is 32.2 Å². The van der Waals surface area contributed by atoms with Crippen LogP contribution in [-0.2, 0) is 10.0 Å². The minimum absolute atomic E-state index is 0.318. The first-order valence-electron chi connectivity index (χ1n) is 6.91. The van der Waals surface area contributed by atoms with Crippen molar-refractivity contribution >= 4 is 10.0 Å². The van der Waals surface area contributed by atoms with Crippen LogP contribution in [-0.4, -0.2) is 68.7 Å². The Morgan fingerprint density at radius 2 is 1.94 bits per heavy atom. The monoisotopic (exact) mass is 275 g/mol. The Labute approximate surface area is 111 Å². The van der Waals surface area contributed by atoms with Gasteiger partial charge in [0.05, 0.1) is 5.25 Å². The Hall–Kier alpha value is -0.170. The number of likely N-dealkylation sites (N-methyl/N-ethyl adjacent to an activating group) is 1. The van der Waals surface area contributed by atoms with E-state index < -0.39 is 10.0 Å². The predicted molar refractivity (Wildman–Crippen MR) is 73.1 cm³/mol. The minimum Gasteiger partial charge on any atom is -0.313 e. The molecule has 0 aromatic carbocycles. The average molecular weight is 275 g/mol. The summed E-state index contributed by atoms with van der Waals surface area (Å²) in [6.07, 6.45) is 3.32. The van der Waals surface area contributed by atoms with Gasteiger partial charge in [-0.25, -0.2) is 12.7 Å². The zero-order valence-corrected chi connectivity index (χ0v) is 12.2. The summed E-state index contributed by atoms with van der Waals surface area (Å²) in [5.74, 6) is 0. The molecule has 1 aliphatic heterocycles. The molecule has 5 nitrogen and oxygen atoms in total. The van der Waals surface area contributed by atoms with Gasteiger partial charge in [-0.2, -0.15) is 0 Å². The van der Waals surface area contributed by atoms with Crippen LogP contribution in [0.15, 0.2) is 0 Å². The van der Waals surface area contributed by atoms with Crippen LogP contribution in [0, 0.1) is 0 Å². The van der Waals surface area contributed by atoms with Crippen molar-refractivity contribution in [3.8, 4) is 0 Å². The molecule has 0 aromatic heterocycles. The fourth-order valence-electron chi connectivity index (χ4n) is 2.26. The molecular weight excluding hydrogens is 250 g/mol. The van der Waals surface area contributed by atoms with Gasteiger partial charge in [-0.15, -0.1) is 0 Å². The number of nitrogens with one attached hydrogen (secondary N) is 1. The van der Waals surface area contributed by atoms with Crippen molar-refractivity contribution in [3.63, 3.8) is 0 Å². The maximum absolute atomic E-state index is 12.4. The van der Waals surface area contributed by atoms with Crippen molar-refractivity contribution in [2.45, 2.75) is 37.5 Å². The fourth-order valence-corrected chi connectivity index (χ4v) is 3.79. The van der Waals surface area contributed by atoms with Crippen molar-refractivity contribution < 1.29 is 8.42 Å². The van der Waals surface area contributed by atoms with Gasteiger partial charge in [-0.3, -0.25) is 0 Å². The molecule has 2 fully saturated rings. The number of hydrogen-bond acceptors (Lipinski definition) is 4. The van der Waals surface area contributed by atoms with Crippen molar-refractivity contribution in [3.05, 3.63) is 0 Å². The van der Waals surface area contributed by atoms with Crippen molar-refractivity contribution in [2.75, 3.05) is 39.8 Å². The summed E-state index contributed by atoms with van der Waals surface area (Å²) in [5, 5.41) is 2.99. The van der Waals surface area contributed by atoms with Crippen LogP contribution in [0.2, 0.25) is 0 Å². The molecule has 1 saturated carbocycles. The van der Waals surface area contributed by atoms with Gasteiger partial charge in [0.1, 0.15) is 0 Å². The van der Waals surface area contributed by atoms with Crippen LogP contribution >= 0.6 is 0 Å². The lowest BCUT2D eigenvalue weighted by Gasteiger charge is -2.24. The van der Waals surface area contributed by atoms with E-state index in [-0.39, 0.29) is 5.25 Å². The van der Waals surface area contributed by atoms with E-state index in [2.05, 4.69) is 10.2 Å². The second-order valence-corrected chi connectivity index (χ2v) is 7.95. The molecule has 1 N–H and O–H groups in total. The van der Waals surface area contributed by atoms with Crippen LogP contribution in [0.1, 0.15) is 26.2 Å². The Morgan fingerprint density at radius 1 is 1.22 bits per heavy atom. The van der Waals surface area contributed by atoms with E-state index >= 15 is 0 Å². The first-order chi connectivity index (χ1) is 8.50. The van der Waals surface area contributed by atoms with Gasteiger partial charge in [-0.05, 0) is 39.8 Å². The molecule has 0 spiro atoms.